The largest absolute Gasteiger partial charge is 0.453 e. The van der Waals surface area contributed by atoms with Crippen molar-refractivity contribution in [1.82, 2.24) is 14.5 Å². The van der Waals surface area contributed by atoms with E-state index in [4.69, 9.17) is 14.7 Å². The second-order valence-corrected chi connectivity index (χ2v) is 15.6. The molecule has 8 aromatic rings. The molecule has 4 aliphatic rings. The maximum atomic E-state index is 6.72. The average molecular weight is 759 g/mol. The topological polar surface area (TPSA) is 43.2 Å². The minimum absolute atomic E-state index is 0.317. The molecule has 59 heavy (non-hydrogen) atoms. The maximum absolute atomic E-state index is 6.72. The molecular weight excluding hydrogens is 721 g/mol. The summed E-state index contributed by atoms with van der Waals surface area (Å²) in [5, 5.41) is 4.59. The fourth-order valence-electron chi connectivity index (χ4n) is 9.47. The lowest BCUT2D eigenvalue weighted by molar-refractivity contribution is 0.477. The van der Waals surface area contributed by atoms with Crippen LogP contribution in [-0.4, -0.2) is 14.5 Å². The van der Waals surface area contributed by atoms with Crippen LogP contribution in [0.2, 0.25) is 0 Å². The van der Waals surface area contributed by atoms with Crippen molar-refractivity contribution in [3.8, 4) is 39.8 Å². The number of anilines is 3. The molecule has 0 saturated carbocycles. The quantitative estimate of drug-likeness (QED) is 0.175. The van der Waals surface area contributed by atoms with E-state index in [0.717, 1.165) is 85.6 Å². The van der Waals surface area contributed by atoms with Gasteiger partial charge < -0.3 is 9.64 Å². The Bertz CT molecular complexity index is 3260. The van der Waals surface area contributed by atoms with Crippen molar-refractivity contribution in [1.29, 1.82) is 0 Å². The number of aromatic nitrogens is 3. The van der Waals surface area contributed by atoms with E-state index in [1.165, 1.54) is 21.7 Å². The van der Waals surface area contributed by atoms with Gasteiger partial charge in [-0.05, 0) is 72.0 Å². The lowest BCUT2D eigenvalue weighted by atomic mass is 9.86. The first-order valence-electron chi connectivity index (χ1n) is 20.5. The molecule has 12 rings (SSSR count). The van der Waals surface area contributed by atoms with Gasteiger partial charge in [0.25, 0.3) is 0 Å². The summed E-state index contributed by atoms with van der Waals surface area (Å²) in [7, 11) is 0. The summed E-state index contributed by atoms with van der Waals surface area (Å²) in [6, 6.07) is 49.4. The van der Waals surface area contributed by atoms with Gasteiger partial charge in [0, 0.05) is 44.6 Å². The van der Waals surface area contributed by atoms with Crippen LogP contribution >= 0.6 is 0 Å². The van der Waals surface area contributed by atoms with Crippen LogP contribution in [0.25, 0.3) is 61.8 Å². The molecule has 0 saturated heterocycles. The zero-order valence-corrected chi connectivity index (χ0v) is 32.2. The summed E-state index contributed by atoms with van der Waals surface area (Å²) in [5.41, 5.74) is 11.9. The zero-order valence-electron chi connectivity index (χ0n) is 32.2. The fourth-order valence-corrected chi connectivity index (χ4v) is 9.47. The van der Waals surface area contributed by atoms with Gasteiger partial charge in [-0.25, -0.2) is 9.97 Å². The molecule has 0 radical (unpaired) electrons. The Morgan fingerprint density at radius 2 is 1.37 bits per heavy atom. The van der Waals surface area contributed by atoms with Crippen LogP contribution in [0.4, 0.5) is 17.1 Å². The highest BCUT2D eigenvalue weighted by Crippen LogP contribution is 2.51. The highest BCUT2D eigenvalue weighted by molar-refractivity contribution is 6.00. The molecule has 1 aliphatic heterocycles. The molecule has 280 valence electrons. The molecule has 3 heterocycles. The third kappa shape index (κ3) is 5.46. The van der Waals surface area contributed by atoms with E-state index in [1.54, 1.807) is 0 Å². The van der Waals surface area contributed by atoms with E-state index in [2.05, 4.69) is 192 Å². The average Bonchev–Trinajstić information content (AvgIpc) is 3.66. The van der Waals surface area contributed by atoms with Crippen LogP contribution in [0.1, 0.15) is 24.3 Å². The highest BCUT2D eigenvalue weighted by atomic mass is 16.5. The number of allylic oxidation sites excluding steroid dienone is 8. The van der Waals surface area contributed by atoms with E-state index in [9.17, 15) is 0 Å². The van der Waals surface area contributed by atoms with Crippen molar-refractivity contribution in [2.24, 2.45) is 5.92 Å². The van der Waals surface area contributed by atoms with Gasteiger partial charge in [-0.2, -0.15) is 0 Å². The minimum atomic E-state index is 0.317. The predicted molar refractivity (Wildman–Crippen MR) is 241 cm³/mol. The Balaban J connectivity index is 1.09. The van der Waals surface area contributed by atoms with Gasteiger partial charge >= 0.3 is 0 Å². The van der Waals surface area contributed by atoms with Crippen LogP contribution in [0.3, 0.4) is 0 Å². The van der Waals surface area contributed by atoms with E-state index < -0.39 is 0 Å². The third-order valence-corrected chi connectivity index (χ3v) is 12.2. The van der Waals surface area contributed by atoms with Gasteiger partial charge in [-0.15, -0.1) is 0 Å². The molecule has 5 heteroatoms. The number of hydrogen-bond acceptors (Lipinski definition) is 4. The van der Waals surface area contributed by atoms with Crippen LogP contribution in [0.5, 0.6) is 11.5 Å². The number of benzene rings is 6. The number of fused-ring (bicyclic) bond motifs is 7. The first kappa shape index (κ1) is 33.6. The lowest BCUT2D eigenvalue weighted by Crippen LogP contribution is -2.35. The lowest BCUT2D eigenvalue weighted by Gasteiger charge is -2.33. The van der Waals surface area contributed by atoms with Gasteiger partial charge in [0.2, 0.25) is 5.95 Å². The SMILES string of the molecule is C1=CCC(c2ccc(-c3nc(-n4c5c(c6cccc(-c7ccc8c(c7)Oc7ccccc7N8c7ccccc7)c64)=C4C=CC=CC4CC=5)nc4ccccc34)cc2)C=C1. The summed E-state index contributed by atoms with van der Waals surface area (Å²) < 4.78 is 9.05. The molecule has 0 spiro atoms. The Hall–Kier alpha value is -7.50. The fraction of sp³-hybridized carbons (Fsp3) is 0.0741. The van der Waals surface area contributed by atoms with Crippen LogP contribution in [0.15, 0.2) is 188 Å². The van der Waals surface area contributed by atoms with Crippen LogP contribution in [-0.2, 0) is 0 Å². The van der Waals surface area contributed by atoms with E-state index in [-0.39, 0.29) is 0 Å². The van der Waals surface area contributed by atoms with E-state index in [1.807, 2.05) is 12.1 Å². The molecule has 0 bridgehead atoms. The molecular formula is C54H38N4O. The standard InChI is InChI=1S/C54H38N4O/c1-3-14-35(15-4-1)36-26-28-38(29-27-36)52-43-20-9-10-23-45(43)55-54(56-52)58-48-33-30-37-16-7-8-19-41(37)51(48)44-22-13-21-42(53(44)58)39-31-32-47-50(34-39)59-49-25-12-11-24-46(49)57(47)40-17-5-2-6-18-40/h1-14,16-29,31-35,37H,15,30H2. The van der Waals surface area contributed by atoms with E-state index >= 15 is 0 Å². The van der Waals surface area contributed by atoms with Crippen LogP contribution < -0.4 is 20.2 Å². The van der Waals surface area contributed by atoms with Gasteiger partial charge in [0.1, 0.15) is 0 Å². The molecule has 0 fully saturated rings. The summed E-state index contributed by atoms with van der Waals surface area (Å²) >= 11 is 0. The smallest absolute Gasteiger partial charge is 0.235 e. The van der Waals surface area contributed by atoms with Crippen molar-refractivity contribution in [2.75, 3.05) is 4.90 Å². The maximum Gasteiger partial charge on any atom is 0.235 e. The summed E-state index contributed by atoms with van der Waals surface area (Å²) in [6.45, 7) is 0. The van der Waals surface area contributed by atoms with Gasteiger partial charge in [0.15, 0.2) is 11.5 Å². The second kappa shape index (κ2) is 13.6. The number of rotatable bonds is 5. The Labute approximate surface area is 342 Å². The van der Waals surface area contributed by atoms with Crippen molar-refractivity contribution in [3.05, 3.63) is 204 Å². The molecule has 2 aromatic heterocycles. The molecule has 2 atom stereocenters. The number of hydrogen-bond donors (Lipinski definition) is 0. The number of para-hydroxylation sites is 5. The van der Waals surface area contributed by atoms with Gasteiger partial charge in [-0.3, -0.25) is 4.57 Å². The number of nitrogens with zero attached hydrogens (tertiary/aromatic N) is 4. The van der Waals surface area contributed by atoms with Gasteiger partial charge in [-0.1, -0.05) is 152 Å². The second-order valence-electron chi connectivity index (χ2n) is 15.6. The summed E-state index contributed by atoms with van der Waals surface area (Å²) in [5.74, 6) is 2.99. The first-order chi connectivity index (χ1) is 29.3. The van der Waals surface area contributed by atoms with Crippen molar-refractivity contribution in [2.45, 2.75) is 18.8 Å². The van der Waals surface area contributed by atoms with Crippen molar-refractivity contribution >= 4 is 50.5 Å². The first-order valence-corrected chi connectivity index (χ1v) is 20.5. The Morgan fingerprint density at radius 1 is 0.593 bits per heavy atom. The zero-order chi connectivity index (χ0) is 38.9. The normalized spacial score (nSPS) is 17.3. The Morgan fingerprint density at radius 3 is 2.27 bits per heavy atom. The van der Waals surface area contributed by atoms with E-state index in [0.29, 0.717) is 17.8 Å². The number of ether oxygens (including phenoxy) is 1. The highest BCUT2D eigenvalue weighted by Gasteiger charge is 2.28. The Kier molecular flexibility index (Phi) is 7.73. The van der Waals surface area contributed by atoms with Crippen molar-refractivity contribution in [3.63, 3.8) is 0 Å². The van der Waals surface area contributed by atoms with Gasteiger partial charge in [0.05, 0.1) is 33.5 Å². The molecule has 5 nitrogen and oxygen atoms in total. The molecule has 3 aliphatic carbocycles. The minimum Gasteiger partial charge on any atom is -0.453 e. The summed E-state index contributed by atoms with van der Waals surface area (Å²) in [4.78, 5) is 13.2. The predicted octanol–water partition coefficient (Wildman–Crippen LogP) is 12.2. The molecule has 2 unspecified atom stereocenters. The summed E-state index contributed by atoms with van der Waals surface area (Å²) in [6.07, 6.45) is 22.1. The monoisotopic (exact) mass is 758 g/mol. The molecule has 0 amide bonds. The third-order valence-electron chi connectivity index (χ3n) is 12.2. The molecule has 6 aromatic carbocycles. The van der Waals surface area contributed by atoms with Crippen molar-refractivity contribution < 1.29 is 4.74 Å². The molecule has 0 N–H and O–H groups in total. The van der Waals surface area contributed by atoms with Crippen LogP contribution in [0, 0.1) is 5.92 Å².